The summed E-state index contributed by atoms with van der Waals surface area (Å²) in [6.45, 7) is 0. The van der Waals surface area contributed by atoms with E-state index in [2.05, 4.69) is 165 Å². The van der Waals surface area contributed by atoms with Crippen LogP contribution in [0.3, 0.4) is 0 Å². The van der Waals surface area contributed by atoms with Crippen molar-refractivity contribution >= 4 is 43.9 Å². The monoisotopic (exact) mass is 792 g/mol. The third-order valence-electron chi connectivity index (χ3n) is 12.0. The molecule has 6 nitrogen and oxygen atoms in total. The Morgan fingerprint density at radius 2 is 0.613 bits per heavy atom. The lowest BCUT2D eigenvalue weighted by Gasteiger charge is -2.11. The maximum absolute atomic E-state index is 4.88. The predicted octanol–water partition coefficient (Wildman–Crippen LogP) is 13.8. The van der Waals surface area contributed by atoms with Gasteiger partial charge in [-0.05, 0) is 165 Å². The van der Waals surface area contributed by atoms with E-state index in [9.17, 15) is 0 Å². The highest BCUT2D eigenvalue weighted by Crippen LogP contribution is 2.38. The summed E-state index contributed by atoms with van der Waals surface area (Å²) in [5, 5.41) is 2.25. The molecule has 0 unspecified atom stereocenters. The van der Waals surface area contributed by atoms with Crippen LogP contribution in [0.1, 0.15) is 0 Å². The highest BCUT2D eigenvalue weighted by molar-refractivity contribution is 6.09. The summed E-state index contributed by atoms with van der Waals surface area (Å²) >= 11 is 0. The largest absolute Gasteiger partial charge is 0.308 e. The van der Waals surface area contributed by atoms with Crippen LogP contribution in [-0.4, -0.2) is 29.1 Å². The van der Waals surface area contributed by atoms with Gasteiger partial charge in [-0.15, -0.1) is 0 Å². The van der Waals surface area contributed by atoms with Gasteiger partial charge < -0.3 is 9.13 Å². The SMILES string of the molecule is c1cc(-c2ccncc2)cc(-c2ccc3c(c2)c2ncccc2n3-c2ccc(-c3ccc(-n4c5ccc(-c6cccc(-c7ccncc7)c6)cc5c5ncccc54)cc3)cc2)c1. The van der Waals surface area contributed by atoms with Crippen LogP contribution in [0, 0.1) is 0 Å². The minimum absolute atomic E-state index is 0.987. The Balaban J connectivity index is 0.865. The van der Waals surface area contributed by atoms with Gasteiger partial charge in [-0.25, -0.2) is 0 Å². The number of fused-ring (bicyclic) bond motifs is 6. The molecule has 0 aliphatic rings. The average Bonchev–Trinajstić information content (AvgIpc) is 3.87. The lowest BCUT2D eigenvalue weighted by Crippen LogP contribution is -1.95. The van der Waals surface area contributed by atoms with Gasteiger partial charge in [0.05, 0.1) is 33.1 Å². The Morgan fingerprint density at radius 1 is 0.258 bits per heavy atom. The van der Waals surface area contributed by atoms with E-state index in [0.717, 1.165) is 99.8 Å². The molecule has 0 aliphatic carbocycles. The summed E-state index contributed by atoms with van der Waals surface area (Å²) in [6.07, 6.45) is 11.1. The first-order valence-electron chi connectivity index (χ1n) is 20.7. The van der Waals surface area contributed by atoms with Crippen LogP contribution in [0.2, 0.25) is 0 Å². The van der Waals surface area contributed by atoms with E-state index in [1.165, 1.54) is 11.1 Å². The van der Waals surface area contributed by atoms with Gasteiger partial charge in [-0.1, -0.05) is 72.8 Å². The number of benzene rings is 6. The molecule has 6 aromatic heterocycles. The van der Waals surface area contributed by atoms with E-state index in [1.807, 2.05) is 73.6 Å². The second-order valence-corrected chi connectivity index (χ2v) is 15.6. The lowest BCUT2D eigenvalue weighted by atomic mass is 9.99. The lowest BCUT2D eigenvalue weighted by molar-refractivity contribution is 1.17. The highest BCUT2D eigenvalue weighted by Gasteiger charge is 2.17. The Hall–Kier alpha value is -8.48. The third kappa shape index (κ3) is 6.04. The van der Waals surface area contributed by atoms with Gasteiger partial charge in [-0.3, -0.25) is 19.9 Å². The van der Waals surface area contributed by atoms with Crippen molar-refractivity contribution in [1.82, 2.24) is 29.1 Å². The summed E-state index contributed by atoms with van der Waals surface area (Å²) < 4.78 is 4.64. The second kappa shape index (κ2) is 14.7. The van der Waals surface area contributed by atoms with Gasteiger partial charge in [0.25, 0.3) is 0 Å². The molecule has 0 bridgehead atoms. The average molecular weight is 793 g/mol. The predicted molar refractivity (Wildman–Crippen MR) is 253 cm³/mol. The minimum Gasteiger partial charge on any atom is -0.308 e. The van der Waals surface area contributed by atoms with Gasteiger partial charge in [0, 0.05) is 59.3 Å². The van der Waals surface area contributed by atoms with Crippen LogP contribution in [0.4, 0.5) is 0 Å². The molecule has 6 heteroatoms. The maximum atomic E-state index is 4.88. The number of hydrogen-bond donors (Lipinski definition) is 0. The summed E-state index contributed by atoms with van der Waals surface area (Å²) in [5.74, 6) is 0. The summed E-state index contributed by atoms with van der Waals surface area (Å²) in [6, 6.07) is 65.1. The molecule has 0 spiro atoms. The van der Waals surface area contributed by atoms with E-state index < -0.39 is 0 Å². The van der Waals surface area contributed by atoms with E-state index in [1.54, 1.807) is 0 Å². The Morgan fingerprint density at radius 3 is 1.03 bits per heavy atom. The third-order valence-corrected chi connectivity index (χ3v) is 12.0. The summed E-state index contributed by atoms with van der Waals surface area (Å²) in [4.78, 5) is 18.2. The van der Waals surface area contributed by atoms with Crippen molar-refractivity contribution in [2.45, 2.75) is 0 Å². The van der Waals surface area contributed by atoms with E-state index in [-0.39, 0.29) is 0 Å². The maximum Gasteiger partial charge on any atom is 0.0963 e. The molecule has 12 rings (SSSR count). The van der Waals surface area contributed by atoms with Crippen LogP contribution in [0.25, 0.3) is 111 Å². The summed E-state index contributed by atoms with van der Waals surface area (Å²) in [7, 11) is 0. The van der Waals surface area contributed by atoms with Crippen LogP contribution < -0.4 is 0 Å². The van der Waals surface area contributed by atoms with Crippen LogP contribution in [0.15, 0.2) is 219 Å². The molecule has 6 aromatic carbocycles. The van der Waals surface area contributed by atoms with Gasteiger partial charge in [0.15, 0.2) is 0 Å². The smallest absolute Gasteiger partial charge is 0.0963 e. The molecule has 0 aliphatic heterocycles. The van der Waals surface area contributed by atoms with Crippen molar-refractivity contribution in [3.05, 3.63) is 219 Å². The van der Waals surface area contributed by atoms with Crippen LogP contribution >= 0.6 is 0 Å². The van der Waals surface area contributed by atoms with Crippen molar-refractivity contribution in [2.24, 2.45) is 0 Å². The fourth-order valence-electron chi connectivity index (χ4n) is 9.04. The van der Waals surface area contributed by atoms with Gasteiger partial charge in [0.1, 0.15) is 0 Å². The van der Waals surface area contributed by atoms with Crippen LogP contribution in [-0.2, 0) is 0 Å². The standard InChI is InChI=1S/C56H36N6/c1-5-41(39-23-29-57-30-24-39)33-43(7-1)45-15-21-51-49(35-45)55-53(9-3-27-59-55)61(51)47-17-11-37(12-18-47)38-13-19-48(20-14-38)62-52-22-16-46(36-50(52)56-54(62)10-4-28-60-56)44-8-2-6-42(34-44)40-25-31-58-32-26-40/h1-36H. The van der Waals surface area contributed by atoms with E-state index >= 15 is 0 Å². The minimum atomic E-state index is 0.987. The zero-order chi connectivity index (χ0) is 41.0. The van der Waals surface area contributed by atoms with Gasteiger partial charge in [0.2, 0.25) is 0 Å². The number of rotatable bonds is 7. The quantitative estimate of drug-likeness (QED) is 0.161. The zero-order valence-electron chi connectivity index (χ0n) is 33.5. The number of aromatic nitrogens is 6. The first-order valence-corrected chi connectivity index (χ1v) is 20.7. The molecule has 290 valence electrons. The molecule has 0 atom stereocenters. The summed E-state index contributed by atoms with van der Waals surface area (Å²) in [5.41, 5.74) is 20.1. The zero-order valence-corrected chi connectivity index (χ0v) is 33.5. The normalized spacial score (nSPS) is 11.5. The first kappa shape index (κ1) is 35.5. The molecule has 62 heavy (non-hydrogen) atoms. The molecule has 0 amide bonds. The van der Waals surface area contributed by atoms with Crippen LogP contribution in [0.5, 0.6) is 0 Å². The Bertz CT molecular complexity index is 3370. The topological polar surface area (TPSA) is 61.4 Å². The second-order valence-electron chi connectivity index (χ2n) is 15.6. The van der Waals surface area contributed by atoms with Crippen molar-refractivity contribution in [2.75, 3.05) is 0 Å². The molecule has 6 heterocycles. The molecule has 0 N–H and O–H groups in total. The van der Waals surface area contributed by atoms with Crippen molar-refractivity contribution in [3.8, 4) is 67.0 Å². The molecular weight excluding hydrogens is 757 g/mol. The first-order chi connectivity index (χ1) is 30.7. The molecule has 0 saturated carbocycles. The highest BCUT2D eigenvalue weighted by atomic mass is 15.0. The Labute approximate surface area is 357 Å². The van der Waals surface area contributed by atoms with Gasteiger partial charge >= 0.3 is 0 Å². The molecule has 0 radical (unpaired) electrons. The van der Waals surface area contributed by atoms with Crippen molar-refractivity contribution < 1.29 is 0 Å². The molecule has 12 aromatic rings. The Kier molecular flexibility index (Phi) is 8.38. The van der Waals surface area contributed by atoms with Crippen molar-refractivity contribution in [1.29, 1.82) is 0 Å². The fourth-order valence-corrected chi connectivity index (χ4v) is 9.04. The molecule has 0 fully saturated rings. The number of hydrogen-bond acceptors (Lipinski definition) is 4. The fraction of sp³-hybridized carbons (Fsp3) is 0. The molecule has 0 saturated heterocycles. The van der Waals surface area contributed by atoms with Gasteiger partial charge in [-0.2, -0.15) is 0 Å². The molecular formula is C56H36N6. The number of nitrogens with zero attached hydrogens (tertiary/aromatic N) is 6. The van der Waals surface area contributed by atoms with Crippen molar-refractivity contribution in [3.63, 3.8) is 0 Å². The van der Waals surface area contributed by atoms with E-state index in [4.69, 9.17) is 9.97 Å². The van der Waals surface area contributed by atoms with E-state index in [0.29, 0.717) is 0 Å². The number of pyridine rings is 4.